The summed E-state index contributed by atoms with van der Waals surface area (Å²) in [5, 5.41) is 0. The first-order valence-electron chi connectivity index (χ1n) is 7.52. The third kappa shape index (κ3) is 3.13. The van der Waals surface area contributed by atoms with Crippen molar-refractivity contribution in [3.63, 3.8) is 0 Å². The lowest BCUT2D eigenvalue weighted by molar-refractivity contribution is 0.0806. The summed E-state index contributed by atoms with van der Waals surface area (Å²) in [5.41, 5.74) is 3.11. The highest BCUT2D eigenvalue weighted by Crippen LogP contribution is 2.15. The molecule has 1 fully saturated rings. The highest BCUT2D eigenvalue weighted by molar-refractivity contribution is 5.99. The molecule has 0 spiro atoms. The Balaban J connectivity index is 1.94. The topological polar surface area (TPSA) is 28.5 Å². The molecule has 2 rings (SSSR count). The molecule has 2 heterocycles. The van der Waals surface area contributed by atoms with Crippen LogP contribution in [0.2, 0.25) is 0 Å². The first kappa shape index (κ1) is 15.3. The molecule has 4 nitrogen and oxygen atoms in total. The quantitative estimate of drug-likeness (QED) is 0.786. The number of ketones is 1. The van der Waals surface area contributed by atoms with E-state index in [1.807, 2.05) is 27.0 Å². The molecule has 1 aliphatic rings. The number of carbonyl (C=O) groups is 1. The Hall–Kier alpha value is -1.13. The number of piperazine rings is 1. The van der Waals surface area contributed by atoms with E-state index in [-0.39, 0.29) is 5.78 Å². The van der Waals surface area contributed by atoms with Crippen molar-refractivity contribution < 1.29 is 4.79 Å². The van der Waals surface area contributed by atoms with Gasteiger partial charge in [-0.2, -0.15) is 0 Å². The molecule has 1 aromatic heterocycles. The first-order valence-corrected chi connectivity index (χ1v) is 7.52. The molecule has 0 N–H and O–H groups in total. The standard InChI is InChI=1S/C16H27N3O/c1-12(2)19-8-6-18(7-9-19)11-16(20)15-10-13(3)17(5)14(15)4/h10,12H,6-9,11H2,1-5H3. The van der Waals surface area contributed by atoms with E-state index in [9.17, 15) is 4.79 Å². The Labute approximate surface area is 122 Å². The van der Waals surface area contributed by atoms with Gasteiger partial charge in [0.05, 0.1) is 6.54 Å². The second kappa shape index (κ2) is 6.10. The second-order valence-corrected chi connectivity index (χ2v) is 6.17. The van der Waals surface area contributed by atoms with Gasteiger partial charge in [0.25, 0.3) is 0 Å². The van der Waals surface area contributed by atoms with Crippen molar-refractivity contribution in [2.45, 2.75) is 33.7 Å². The maximum Gasteiger partial charge on any atom is 0.178 e. The molecule has 20 heavy (non-hydrogen) atoms. The van der Waals surface area contributed by atoms with Crippen LogP contribution in [0, 0.1) is 13.8 Å². The van der Waals surface area contributed by atoms with Gasteiger partial charge in [0.15, 0.2) is 5.78 Å². The van der Waals surface area contributed by atoms with Crippen LogP contribution < -0.4 is 0 Å². The zero-order valence-electron chi connectivity index (χ0n) is 13.4. The fourth-order valence-corrected chi connectivity index (χ4v) is 2.86. The third-order valence-electron chi connectivity index (χ3n) is 4.58. The molecule has 0 saturated carbocycles. The molecule has 0 amide bonds. The predicted octanol–water partition coefficient (Wildman–Crippen LogP) is 1.85. The van der Waals surface area contributed by atoms with Crippen molar-refractivity contribution in [1.82, 2.24) is 14.4 Å². The first-order chi connectivity index (χ1) is 9.40. The molecule has 112 valence electrons. The van der Waals surface area contributed by atoms with Crippen LogP contribution in [0.15, 0.2) is 6.07 Å². The highest BCUT2D eigenvalue weighted by Gasteiger charge is 2.22. The van der Waals surface area contributed by atoms with Crippen molar-refractivity contribution in [2.75, 3.05) is 32.7 Å². The number of aryl methyl sites for hydroxylation is 1. The lowest BCUT2D eigenvalue weighted by Crippen LogP contribution is -2.50. The number of rotatable bonds is 4. The van der Waals surface area contributed by atoms with Crippen LogP contribution in [0.5, 0.6) is 0 Å². The van der Waals surface area contributed by atoms with E-state index in [1.165, 1.54) is 0 Å². The number of hydrogen-bond donors (Lipinski definition) is 0. The molecule has 1 aromatic rings. The minimum Gasteiger partial charge on any atom is -0.351 e. The maximum absolute atomic E-state index is 12.4. The van der Waals surface area contributed by atoms with Gasteiger partial charge in [-0.25, -0.2) is 0 Å². The molecule has 1 aliphatic heterocycles. The van der Waals surface area contributed by atoms with E-state index in [0.29, 0.717) is 12.6 Å². The van der Waals surface area contributed by atoms with Crippen molar-refractivity contribution in [2.24, 2.45) is 7.05 Å². The van der Waals surface area contributed by atoms with Crippen molar-refractivity contribution in [1.29, 1.82) is 0 Å². The molecule has 0 radical (unpaired) electrons. The van der Waals surface area contributed by atoms with Crippen LogP contribution in [-0.4, -0.2) is 58.9 Å². The van der Waals surface area contributed by atoms with Gasteiger partial charge in [0, 0.05) is 56.2 Å². The average molecular weight is 277 g/mol. The minimum absolute atomic E-state index is 0.254. The summed E-state index contributed by atoms with van der Waals surface area (Å²) in [6.07, 6.45) is 0. The molecular weight excluding hydrogens is 250 g/mol. The van der Waals surface area contributed by atoms with Gasteiger partial charge < -0.3 is 4.57 Å². The Morgan fingerprint density at radius 1 is 1.20 bits per heavy atom. The summed E-state index contributed by atoms with van der Waals surface area (Å²) in [5.74, 6) is 0.254. The van der Waals surface area contributed by atoms with Crippen LogP contribution in [-0.2, 0) is 7.05 Å². The van der Waals surface area contributed by atoms with E-state index in [2.05, 4.69) is 28.2 Å². The number of aromatic nitrogens is 1. The Bertz CT molecular complexity index is 482. The van der Waals surface area contributed by atoms with Crippen LogP contribution >= 0.6 is 0 Å². The summed E-state index contributed by atoms with van der Waals surface area (Å²) in [7, 11) is 2.02. The van der Waals surface area contributed by atoms with Crippen LogP contribution in [0.25, 0.3) is 0 Å². The summed E-state index contributed by atoms with van der Waals surface area (Å²) in [6.45, 7) is 13.2. The Morgan fingerprint density at radius 2 is 1.80 bits per heavy atom. The van der Waals surface area contributed by atoms with Gasteiger partial charge in [0.1, 0.15) is 0 Å². The summed E-state index contributed by atoms with van der Waals surface area (Å²) >= 11 is 0. The maximum atomic E-state index is 12.4. The molecule has 4 heteroatoms. The van der Waals surface area contributed by atoms with Crippen molar-refractivity contribution >= 4 is 5.78 Å². The van der Waals surface area contributed by atoms with Gasteiger partial charge in [-0.1, -0.05) is 0 Å². The summed E-state index contributed by atoms with van der Waals surface area (Å²) in [4.78, 5) is 17.2. The van der Waals surface area contributed by atoms with Crippen LogP contribution in [0.3, 0.4) is 0 Å². The summed E-state index contributed by atoms with van der Waals surface area (Å²) in [6, 6.07) is 2.62. The van der Waals surface area contributed by atoms with E-state index >= 15 is 0 Å². The molecular formula is C16H27N3O. The van der Waals surface area contributed by atoms with Gasteiger partial charge >= 0.3 is 0 Å². The molecule has 0 unspecified atom stereocenters. The monoisotopic (exact) mass is 277 g/mol. The smallest absolute Gasteiger partial charge is 0.178 e. The minimum atomic E-state index is 0.254. The van der Waals surface area contributed by atoms with E-state index in [4.69, 9.17) is 0 Å². The Kier molecular flexibility index (Phi) is 4.66. The molecule has 0 atom stereocenters. The van der Waals surface area contributed by atoms with Gasteiger partial charge in [-0.3, -0.25) is 14.6 Å². The van der Waals surface area contributed by atoms with E-state index in [0.717, 1.165) is 43.1 Å². The largest absolute Gasteiger partial charge is 0.351 e. The van der Waals surface area contributed by atoms with Crippen molar-refractivity contribution in [3.05, 3.63) is 23.0 Å². The second-order valence-electron chi connectivity index (χ2n) is 6.17. The highest BCUT2D eigenvalue weighted by atomic mass is 16.1. The number of hydrogen-bond acceptors (Lipinski definition) is 3. The van der Waals surface area contributed by atoms with Gasteiger partial charge in [-0.15, -0.1) is 0 Å². The SMILES string of the molecule is Cc1cc(C(=O)CN2CCN(C(C)C)CC2)c(C)n1C. The number of nitrogens with zero attached hydrogens (tertiary/aromatic N) is 3. The zero-order chi connectivity index (χ0) is 14.9. The summed E-state index contributed by atoms with van der Waals surface area (Å²) < 4.78 is 2.09. The normalized spacial score (nSPS) is 17.9. The average Bonchev–Trinajstić information content (AvgIpc) is 2.67. The molecule has 1 saturated heterocycles. The van der Waals surface area contributed by atoms with Gasteiger partial charge in [-0.05, 0) is 33.8 Å². The van der Waals surface area contributed by atoms with Crippen molar-refractivity contribution in [3.8, 4) is 0 Å². The number of Topliss-reactive ketones (excluding diaryl/α,β-unsaturated/α-hetero) is 1. The fraction of sp³-hybridized carbons (Fsp3) is 0.688. The van der Waals surface area contributed by atoms with E-state index < -0.39 is 0 Å². The van der Waals surface area contributed by atoms with Crippen LogP contribution in [0.4, 0.5) is 0 Å². The Morgan fingerprint density at radius 3 is 2.25 bits per heavy atom. The lowest BCUT2D eigenvalue weighted by atomic mass is 10.1. The zero-order valence-corrected chi connectivity index (χ0v) is 13.4. The predicted molar refractivity (Wildman–Crippen MR) is 82.4 cm³/mol. The molecule has 0 bridgehead atoms. The van der Waals surface area contributed by atoms with Gasteiger partial charge in [0.2, 0.25) is 0 Å². The molecule has 0 aromatic carbocycles. The fourth-order valence-electron chi connectivity index (χ4n) is 2.86. The van der Waals surface area contributed by atoms with E-state index in [1.54, 1.807) is 0 Å². The molecule has 0 aliphatic carbocycles. The third-order valence-corrected chi connectivity index (χ3v) is 4.58. The number of carbonyl (C=O) groups excluding carboxylic acids is 1. The van der Waals surface area contributed by atoms with Crippen LogP contribution in [0.1, 0.15) is 35.6 Å². The lowest BCUT2D eigenvalue weighted by Gasteiger charge is -2.36.